The van der Waals surface area contributed by atoms with E-state index in [1.807, 2.05) is 0 Å². The summed E-state index contributed by atoms with van der Waals surface area (Å²) in [6, 6.07) is 0. The predicted octanol–water partition coefficient (Wildman–Crippen LogP) is 3.01. The van der Waals surface area contributed by atoms with Gasteiger partial charge in [0.1, 0.15) is 0 Å². The molecule has 0 aliphatic carbocycles. The molecule has 0 aliphatic rings. The van der Waals surface area contributed by atoms with Crippen molar-refractivity contribution in [2.45, 2.75) is 41.0 Å². The molecule has 0 aromatic carbocycles. The van der Waals surface area contributed by atoms with Crippen LogP contribution >= 0.6 is 0 Å². The number of hydrogen-bond donors (Lipinski definition) is 0. The Labute approximate surface area is 72.8 Å². The molecule has 0 bridgehead atoms. The van der Waals surface area contributed by atoms with Crippen LogP contribution in [-0.2, 0) is 0 Å². The molecular weight excluding hydrogens is 134 g/mol. The summed E-state index contributed by atoms with van der Waals surface area (Å²) >= 11 is 0. The van der Waals surface area contributed by atoms with Crippen LogP contribution in [0, 0.1) is 5.41 Å². The molecule has 0 aromatic heterocycles. The summed E-state index contributed by atoms with van der Waals surface area (Å²) in [5, 5.41) is 0. The lowest BCUT2D eigenvalue weighted by Crippen LogP contribution is -2.11. The van der Waals surface area contributed by atoms with E-state index >= 15 is 0 Å². The highest BCUT2D eigenvalue weighted by molar-refractivity contribution is 4.47. The van der Waals surface area contributed by atoms with Gasteiger partial charge in [-0.25, -0.2) is 0 Å². The van der Waals surface area contributed by atoms with E-state index in [9.17, 15) is 0 Å². The molecule has 1 heteroatoms. The summed E-state index contributed by atoms with van der Waals surface area (Å²) < 4.78 is 0. The second-order valence-corrected chi connectivity index (χ2v) is 4.80. The molecule has 0 heterocycles. The van der Waals surface area contributed by atoms with Gasteiger partial charge in [0.25, 0.3) is 0 Å². The van der Waals surface area contributed by atoms with Crippen LogP contribution in [0.4, 0.5) is 0 Å². The van der Waals surface area contributed by atoms with Crippen molar-refractivity contribution < 1.29 is 0 Å². The lowest BCUT2D eigenvalue weighted by atomic mass is 10.0. The largest absolute Gasteiger partial charge is 0.309 e. The minimum atomic E-state index is 0.500. The first-order valence-electron chi connectivity index (χ1n) is 4.42. The van der Waals surface area contributed by atoms with E-state index in [1.165, 1.54) is 13.0 Å². The van der Waals surface area contributed by atoms with E-state index in [2.05, 4.69) is 53.6 Å². The lowest BCUT2D eigenvalue weighted by Gasteiger charge is -2.05. The Bertz CT molecular complexity index is 63.4. The zero-order chi connectivity index (χ0) is 9.49. The van der Waals surface area contributed by atoms with Gasteiger partial charge in [0.15, 0.2) is 0 Å². The molecule has 0 aliphatic heterocycles. The van der Waals surface area contributed by atoms with Crippen molar-refractivity contribution in [1.29, 1.82) is 0 Å². The molecule has 0 fully saturated rings. The fourth-order valence-corrected chi connectivity index (χ4v) is 0.447. The smallest absolute Gasteiger partial charge is 0.00275 e. The molecule has 70 valence electrons. The first kappa shape index (κ1) is 13.5. The van der Waals surface area contributed by atoms with Gasteiger partial charge in [-0.2, -0.15) is 0 Å². The van der Waals surface area contributed by atoms with Crippen LogP contribution in [0.5, 0.6) is 0 Å². The van der Waals surface area contributed by atoms with Gasteiger partial charge in [0.2, 0.25) is 0 Å². The van der Waals surface area contributed by atoms with Crippen molar-refractivity contribution in [1.82, 2.24) is 4.90 Å². The molecule has 11 heavy (non-hydrogen) atoms. The topological polar surface area (TPSA) is 3.24 Å². The number of nitrogens with zero attached hydrogens (tertiary/aromatic N) is 1. The van der Waals surface area contributed by atoms with E-state index in [0.29, 0.717) is 5.41 Å². The Kier molecular flexibility index (Phi) is 8.20. The molecule has 0 unspecified atom stereocenters. The third-order valence-corrected chi connectivity index (χ3v) is 0.671. The van der Waals surface area contributed by atoms with E-state index in [4.69, 9.17) is 0 Å². The summed E-state index contributed by atoms with van der Waals surface area (Å²) in [6.07, 6.45) is 1.26. The van der Waals surface area contributed by atoms with Crippen LogP contribution < -0.4 is 0 Å². The molecule has 1 nitrogen and oxygen atoms in total. The first-order valence-corrected chi connectivity index (χ1v) is 4.42. The minimum Gasteiger partial charge on any atom is -0.309 e. The van der Waals surface area contributed by atoms with Gasteiger partial charge in [-0.05, 0) is 32.5 Å². The average molecular weight is 159 g/mol. The highest BCUT2D eigenvalue weighted by Gasteiger charge is 1.95. The van der Waals surface area contributed by atoms with Gasteiger partial charge in [-0.15, -0.1) is 0 Å². The standard InChI is InChI=1S/C5H13N.C5H12/c1-4-5-6(2)3;1-5(2,3)4/h4-5H2,1-3H3;1-4H3. The third-order valence-electron chi connectivity index (χ3n) is 0.671. The van der Waals surface area contributed by atoms with Crippen LogP contribution in [0.3, 0.4) is 0 Å². The average Bonchev–Trinajstić information content (AvgIpc) is 1.58. The van der Waals surface area contributed by atoms with Crippen LogP contribution in [0.1, 0.15) is 41.0 Å². The van der Waals surface area contributed by atoms with Crippen LogP contribution in [-0.4, -0.2) is 25.5 Å². The maximum atomic E-state index is 2.19. The monoisotopic (exact) mass is 159 g/mol. The SMILES string of the molecule is CC(C)(C)C.CCCN(C)C. The summed E-state index contributed by atoms with van der Waals surface area (Å²) in [5.74, 6) is 0. The fourth-order valence-electron chi connectivity index (χ4n) is 0.447. The minimum absolute atomic E-state index is 0.500. The molecule has 0 spiro atoms. The van der Waals surface area contributed by atoms with Crippen molar-refractivity contribution in [3.05, 3.63) is 0 Å². The molecule has 0 saturated heterocycles. The first-order chi connectivity index (χ1) is 4.77. The molecular formula is C10H25N. The molecule has 0 saturated carbocycles. The second-order valence-electron chi connectivity index (χ2n) is 4.80. The van der Waals surface area contributed by atoms with Gasteiger partial charge in [0.05, 0.1) is 0 Å². The summed E-state index contributed by atoms with van der Waals surface area (Å²) in [4.78, 5) is 2.18. The maximum Gasteiger partial charge on any atom is -0.00275 e. The normalized spacial score (nSPS) is 10.9. The quantitative estimate of drug-likeness (QED) is 0.598. The highest BCUT2D eigenvalue weighted by Crippen LogP contribution is 2.07. The van der Waals surface area contributed by atoms with Gasteiger partial charge < -0.3 is 4.90 Å². The summed E-state index contributed by atoms with van der Waals surface area (Å²) in [6.45, 7) is 12.1. The van der Waals surface area contributed by atoms with Gasteiger partial charge in [-0.3, -0.25) is 0 Å². The number of rotatable bonds is 2. The number of hydrogen-bond acceptors (Lipinski definition) is 1. The Hall–Kier alpha value is -0.0400. The van der Waals surface area contributed by atoms with Crippen molar-refractivity contribution in [3.63, 3.8) is 0 Å². The Morgan fingerprint density at radius 3 is 1.27 bits per heavy atom. The van der Waals surface area contributed by atoms with E-state index in [1.54, 1.807) is 0 Å². The lowest BCUT2D eigenvalue weighted by molar-refractivity contribution is 0.408. The Balaban J connectivity index is 0. The van der Waals surface area contributed by atoms with Crippen LogP contribution in [0.25, 0.3) is 0 Å². The van der Waals surface area contributed by atoms with Crippen molar-refractivity contribution in [3.8, 4) is 0 Å². The van der Waals surface area contributed by atoms with Gasteiger partial charge in [0, 0.05) is 0 Å². The zero-order valence-corrected chi connectivity index (χ0v) is 9.36. The van der Waals surface area contributed by atoms with Crippen molar-refractivity contribution in [2.24, 2.45) is 5.41 Å². The summed E-state index contributed by atoms with van der Waals surface area (Å²) in [5.41, 5.74) is 0.500. The van der Waals surface area contributed by atoms with Crippen LogP contribution in [0.15, 0.2) is 0 Å². The maximum absolute atomic E-state index is 2.19. The molecule has 0 radical (unpaired) electrons. The highest BCUT2D eigenvalue weighted by atomic mass is 15.0. The molecule has 0 N–H and O–H groups in total. The van der Waals surface area contributed by atoms with E-state index < -0.39 is 0 Å². The third kappa shape index (κ3) is 72.0. The Morgan fingerprint density at radius 1 is 1.00 bits per heavy atom. The van der Waals surface area contributed by atoms with E-state index in [0.717, 1.165) is 0 Å². The van der Waals surface area contributed by atoms with Gasteiger partial charge in [-0.1, -0.05) is 34.6 Å². The zero-order valence-electron chi connectivity index (χ0n) is 9.36. The van der Waals surface area contributed by atoms with E-state index in [-0.39, 0.29) is 0 Å². The van der Waals surface area contributed by atoms with Crippen LogP contribution in [0.2, 0.25) is 0 Å². The van der Waals surface area contributed by atoms with Crippen molar-refractivity contribution in [2.75, 3.05) is 20.6 Å². The van der Waals surface area contributed by atoms with Gasteiger partial charge >= 0.3 is 0 Å². The second kappa shape index (κ2) is 6.66. The predicted molar refractivity (Wildman–Crippen MR) is 54.0 cm³/mol. The fraction of sp³-hybridized carbons (Fsp3) is 1.00. The molecule has 0 amide bonds. The molecule has 0 atom stereocenters. The van der Waals surface area contributed by atoms with Crippen molar-refractivity contribution >= 4 is 0 Å². The molecule has 0 rings (SSSR count). The Morgan fingerprint density at radius 2 is 1.27 bits per heavy atom. The molecule has 0 aromatic rings. The summed E-state index contributed by atoms with van der Waals surface area (Å²) in [7, 11) is 4.17.